The van der Waals surface area contributed by atoms with Crippen LogP contribution in [0.1, 0.15) is 96.9 Å². The van der Waals surface area contributed by atoms with Gasteiger partial charge in [0, 0.05) is 0 Å². The summed E-state index contributed by atoms with van der Waals surface area (Å²) in [5, 5.41) is 8.57. The normalized spacial score (nSPS) is 11.1. The first-order valence-electron chi connectivity index (χ1n) is 8.89. The van der Waals surface area contributed by atoms with Crippen molar-refractivity contribution in [2.45, 2.75) is 114 Å². The molecule has 0 aromatic carbocycles. The Labute approximate surface area is 172 Å². The van der Waals surface area contributed by atoms with E-state index in [2.05, 4.69) is 111 Å². The molecule has 154 valence electrons. The third-order valence-corrected chi connectivity index (χ3v) is 2.72. The number of hydrogen-bond acceptors (Lipinski definition) is 1. The molecule has 0 radical (unpaired) electrons. The summed E-state index contributed by atoms with van der Waals surface area (Å²) >= 11 is 1.33. The molecule has 0 bridgehead atoms. The molecule has 0 rings (SSSR count). The van der Waals surface area contributed by atoms with Gasteiger partial charge >= 0.3 is 43.0 Å². The largest absolute Gasteiger partial charge is 0.323 e. The second kappa shape index (κ2) is 18.6. The van der Waals surface area contributed by atoms with Gasteiger partial charge in [0.2, 0.25) is 0 Å². The van der Waals surface area contributed by atoms with E-state index in [1.807, 2.05) is 0 Å². The van der Waals surface area contributed by atoms with Gasteiger partial charge in [-0.2, -0.15) is 41.5 Å². The van der Waals surface area contributed by atoms with Gasteiger partial charge < -0.3 is 22.5 Å². The van der Waals surface area contributed by atoms with Crippen LogP contribution in [0.3, 0.4) is 0 Å². The van der Waals surface area contributed by atoms with Crippen LogP contribution in [0.4, 0.5) is 0 Å². The first kappa shape index (κ1) is 32.5. The van der Waals surface area contributed by atoms with Crippen LogP contribution < -0.4 is 0 Å². The molecule has 0 N–H and O–H groups in total. The fraction of sp³-hybridized carbons (Fsp3) is 0.810. The average Bonchev–Trinajstić information content (AvgIpc) is 2.32. The van der Waals surface area contributed by atoms with Gasteiger partial charge in [0.25, 0.3) is 0 Å². The molecule has 0 saturated heterocycles. The Morgan fingerprint density at radius 2 is 0.880 bits per heavy atom. The maximum atomic E-state index is 4.29. The van der Waals surface area contributed by atoms with Crippen LogP contribution >= 0.6 is 0 Å². The minimum Gasteiger partial charge on any atom is -0.323 e. The molecular formula is C21H45N3W-4. The number of rotatable bonds is 3. The molecule has 0 saturated carbocycles. The molecule has 25 heavy (non-hydrogen) atoms. The van der Waals surface area contributed by atoms with Crippen molar-refractivity contribution >= 4 is 0 Å². The van der Waals surface area contributed by atoms with Crippen LogP contribution in [0, 0.1) is 11.8 Å². The third-order valence-electron chi connectivity index (χ3n) is 1.20. The molecule has 3 nitrogen and oxygen atoms in total. The molecule has 0 aromatic rings. The van der Waals surface area contributed by atoms with E-state index in [-0.39, 0.29) is 11.1 Å². The summed E-state index contributed by atoms with van der Waals surface area (Å²) in [6.45, 7) is 29.0. The van der Waals surface area contributed by atoms with Gasteiger partial charge in [-0.05, 0) is 0 Å². The molecule has 0 unspecified atom stereocenters. The molecule has 0 heterocycles. The van der Waals surface area contributed by atoms with Gasteiger partial charge in [0.1, 0.15) is 0 Å². The van der Waals surface area contributed by atoms with E-state index in [0.717, 1.165) is 0 Å². The maximum absolute atomic E-state index is 4.29. The van der Waals surface area contributed by atoms with Gasteiger partial charge in [-0.1, -0.05) is 41.5 Å². The van der Waals surface area contributed by atoms with Gasteiger partial charge in [0.15, 0.2) is 0 Å². The average molecular weight is 523 g/mol. The molecule has 0 fully saturated rings. The zero-order chi connectivity index (χ0) is 21.3. The molecule has 0 aliphatic heterocycles. The fourth-order valence-electron chi connectivity index (χ4n) is 0.514. The van der Waals surface area contributed by atoms with Crippen molar-refractivity contribution < 1.29 is 19.6 Å². The zero-order valence-electron chi connectivity index (χ0n) is 19.5. The molecule has 0 amide bonds. The topological polar surface area (TPSA) is 40.6 Å². The minimum atomic E-state index is 0.00387. The second-order valence-electron chi connectivity index (χ2n) is 9.10. The van der Waals surface area contributed by atoms with Crippen molar-refractivity contribution in [1.29, 1.82) is 0 Å². The van der Waals surface area contributed by atoms with Crippen molar-refractivity contribution in [3.63, 3.8) is 0 Å². The number of nitrogens with zero attached hydrogens (tertiary/aromatic N) is 3. The standard InChI is InChI=1S/C10H20N2.2C4H9.C3H7N.W/c1-9(2,3)11-7-8-12-10(4,5)6;2*1-4(2)3;1-3(2)4;/h7-8H,1-6H3;2*1-3H3;3H,1-2H3;/q-2;2*-1;;/b8-7-;;;;. The van der Waals surface area contributed by atoms with Gasteiger partial charge in [0.05, 0.1) is 0 Å². The van der Waals surface area contributed by atoms with Crippen LogP contribution in [0.2, 0.25) is 0 Å². The molecule has 0 spiro atoms. The van der Waals surface area contributed by atoms with E-state index in [0.29, 0.717) is 6.04 Å². The minimum absolute atomic E-state index is 0.00387. The monoisotopic (exact) mass is 523 g/mol. The van der Waals surface area contributed by atoms with E-state index >= 15 is 0 Å². The molecular weight excluding hydrogens is 478 g/mol. The summed E-state index contributed by atoms with van der Waals surface area (Å²) in [5.41, 5.74) is 0.00775. The van der Waals surface area contributed by atoms with E-state index in [4.69, 9.17) is 0 Å². The molecule has 0 aromatic heterocycles. The third kappa shape index (κ3) is 96.8. The van der Waals surface area contributed by atoms with Gasteiger partial charge in [-0.3, -0.25) is 0 Å². The Hall–Kier alpha value is -0.172. The summed E-state index contributed by atoms with van der Waals surface area (Å²) in [5.74, 6) is 2.83. The van der Waals surface area contributed by atoms with Crippen molar-refractivity contribution in [3.05, 3.63) is 34.9 Å². The summed E-state index contributed by atoms with van der Waals surface area (Å²) < 4.78 is 3.97. The predicted octanol–water partition coefficient (Wildman–Crippen LogP) is 8.17. The predicted molar refractivity (Wildman–Crippen MR) is 113 cm³/mol. The van der Waals surface area contributed by atoms with Crippen LogP contribution in [0.5, 0.6) is 0 Å². The molecule has 0 aliphatic rings. The fourth-order valence-corrected chi connectivity index (χ4v) is 0.514. The quantitative estimate of drug-likeness (QED) is 0.335. The van der Waals surface area contributed by atoms with E-state index < -0.39 is 0 Å². The Morgan fingerprint density at radius 1 is 0.720 bits per heavy atom. The Morgan fingerprint density at radius 3 is 0.960 bits per heavy atom. The Bertz CT molecular complexity index is 266. The number of hydrogen-bond donors (Lipinski definition) is 0. The summed E-state index contributed by atoms with van der Waals surface area (Å²) in [4.78, 5) is 0. The van der Waals surface area contributed by atoms with Crippen molar-refractivity contribution in [3.8, 4) is 0 Å². The van der Waals surface area contributed by atoms with Crippen LogP contribution in [0.25, 0.3) is 10.6 Å². The van der Waals surface area contributed by atoms with Crippen molar-refractivity contribution in [2.75, 3.05) is 0 Å². The van der Waals surface area contributed by atoms with Gasteiger partial charge in [-0.25, -0.2) is 12.4 Å². The van der Waals surface area contributed by atoms with E-state index in [1.165, 1.54) is 31.5 Å². The summed E-state index contributed by atoms with van der Waals surface area (Å²) in [6.07, 6.45) is 3.54. The van der Waals surface area contributed by atoms with Crippen molar-refractivity contribution in [2.24, 2.45) is 3.50 Å². The van der Waals surface area contributed by atoms with Gasteiger partial charge in [-0.15, -0.1) is 11.1 Å². The van der Waals surface area contributed by atoms with Crippen LogP contribution in [0.15, 0.2) is 15.9 Å². The first-order chi connectivity index (χ1) is 10.9. The van der Waals surface area contributed by atoms with E-state index in [1.54, 1.807) is 12.4 Å². The van der Waals surface area contributed by atoms with Crippen LogP contribution in [-0.4, -0.2) is 17.1 Å². The summed E-state index contributed by atoms with van der Waals surface area (Å²) in [6, 6.07) is 0.546. The Kier molecular flexibility index (Phi) is 24.2. The first-order valence-corrected chi connectivity index (χ1v) is 10.2. The summed E-state index contributed by atoms with van der Waals surface area (Å²) in [7, 11) is 0. The zero-order valence-corrected chi connectivity index (χ0v) is 22.4. The van der Waals surface area contributed by atoms with E-state index in [9.17, 15) is 0 Å². The Balaban J connectivity index is -0.000000140. The smallest absolute Gasteiger partial charge is 0.189 e. The second-order valence-corrected chi connectivity index (χ2v) is 9.85. The molecule has 4 heteroatoms. The van der Waals surface area contributed by atoms with Crippen molar-refractivity contribution in [1.82, 2.24) is 0 Å². The maximum Gasteiger partial charge on any atom is -0.189 e. The SMILES string of the molecule is CC(C)(C)[N-]/C=C\[N-]C(C)(C)C.CC(C)[N]=[W].C[C-](C)C.C[C-](C)C. The molecule has 0 atom stereocenters. The van der Waals surface area contributed by atoms with Crippen LogP contribution in [-0.2, 0) is 19.6 Å². The molecule has 0 aliphatic carbocycles.